The van der Waals surface area contributed by atoms with Crippen LogP contribution in [-0.2, 0) is 4.79 Å². The zero-order valence-corrected chi connectivity index (χ0v) is 15.2. The SMILES string of the molecule is O=C(Nc1c(Br)cc(Br)cc1Br)C1(C(F)(F)F)CCNC1. The second kappa shape index (κ2) is 6.17. The van der Waals surface area contributed by atoms with Gasteiger partial charge in [-0.2, -0.15) is 13.2 Å². The lowest BCUT2D eigenvalue weighted by atomic mass is 9.85. The van der Waals surface area contributed by atoms with E-state index in [1.54, 1.807) is 12.1 Å². The first-order valence-corrected chi connectivity index (χ1v) is 8.29. The van der Waals surface area contributed by atoms with Gasteiger partial charge < -0.3 is 10.6 Å². The Hall–Kier alpha value is -0.120. The lowest BCUT2D eigenvalue weighted by molar-refractivity contribution is -0.213. The third-order valence-electron chi connectivity index (χ3n) is 3.38. The highest BCUT2D eigenvalue weighted by Gasteiger charge is 2.61. The maximum atomic E-state index is 13.3. The van der Waals surface area contributed by atoms with E-state index in [9.17, 15) is 18.0 Å². The molecule has 0 aliphatic carbocycles. The van der Waals surface area contributed by atoms with Crippen LogP contribution in [0.3, 0.4) is 0 Å². The van der Waals surface area contributed by atoms with E-state index in [0.29, 0.717) is 8.95 Å². The summed E-state index contributed by atoms with van der Waals surface area (Å²) in [5.41, 5.74) is -2.11. The predicted molar refractivity (Wildman–Crippen MR) is 84.1 cm³/mol. The molecule has 9 heteroatoms. The Labute approximate surface area is 144 Å². The van der Waals surface area contributed by atoms with Crippen LogP contribution in [0, 0.1) is 5.41 Å². The van der Waals surface area contributed by atoms with Crippen molar-refractivity contribution in [3.63, 3.8) is 0 Å². The standard InChI is InChI=1S/C12H10Br3F3N2O/c13-6-3-7(14)9(8(15)4-6)20-10(21)11(12(16,17)18)1-2-19-5-11/h3-4,19H,1-2,5H2,(H,20,21). The number of carbonyl (C=O) groups is 1. The number of nitrogens with one attached hydrogen (secondary N) is 2. The average molecular weight is 495 g/mol. The molecule has 1 aromatic rings. The van der Waals surface area contributed by atoms with Crippen LogP contribution in [0.5, 0.6) is 0 Å². The number of amides is 1. The molecule has 1 aromatic carbocycles. The molecule has 1 unspecified atom stereocenters. The van der Waals surface area contributed by atoms with Crippen LogP contribution in [0.25, 0.3) is 0 Å². The van der Waals surface area contributed by atoms with Crippen molar-refractivity contribution in [2.75, 3.05) is 18.4 Å². The molecule has 0 aromatic heterocycles. The van der Waals surface area contributed by atoms with E-state index in [0.717, 1.165) is 4.47 Å². The summed E-state index contributed by atoms with van der Waals surface area (Å²) in [6.45, 7) is -0.246. The fourth-order valence-corrected chi connectivity index (χ4v) is 4.61. The largest absolute Gasteiger partial charge is 0.404 e. The Morgan fingerprint density at radius 2 is 1.81 bits per heavy atom. The number of rotatable bonds is 2. The molecule has 1 heterocycles. The first-order valence-electron chi connectivity index (χ1n) is 5.91. The molecule has 116 valence electrons. The van der Waals surface area contributed by atoms with E-state index in [1.165, 1.54) is 0 Å². The Morgan fingerprint density at radius 1 is 1.24 bits per heavy atom. The molecule has 1 fully saturated rings. The molecule has 21 heavy (non-hydrogen) atoms. The van der Waals surface area contributed by atoms with Crippen molar-refractivity contribution in [3.05, 3.63) is 25.6 Å². The summed E-state index contributed by atoms with van der Waals surface area (Å²) in [5.74, 6) is -1.05. The normalized spacial score (nSPS) is 22.4. The summed E-state index contributed by atoms with van der Waals surface area (Å²) in [7, 11) is 0. The number of hydrogen-bond donors (Lipinski definition) is 2. The summed E-state index contributed by atoms with van der Waals surface area (Å²) < 4.78 is 41.6. The fourth-order valence-electron chi connectivity index (χ4n) is 2.15. The first kappa shape index (κ1) is 17.2. The highest BCUT2D eigenvalue weighted by Crippen LogP contribution is 2.45. The van der Waals surface area contributed by atoms with Crippen molar-refractivity contribution in [1.82, 2.24) is 5.32 Å². The zero-order chi connectivity index (χ0) is 15.8. The maximum absolute atomic E-state index is 13.3. The van der Waals surface area contributed by atoms with E-state index in [2.05, 4.69) is 58.4 Å². The van der Waals surface area contributed by atoms with Crippen molar-refractivity contribution in [1.29, 1.82) is 0 Å². The molecule has 1 atom stereocenters. The van der Waals surface area contributed by atoms with E-state index in [-0.39, 0.29) is 18.7 Å². The van der Waals surface area contributed by atoms with E-state index in [4.69, 9.17) is 0 Å². The third kappa shape index (κ3) is 3.30. The van der Waals surface area contributed by atoms with E-state index >= 15 is 0 Å². The molecule has 1 amide bonds. The minimum atomic E-state index is -4.60. The van der Waals surface area contributed by atoms with Gasteiger partial charge in [0.2, 0.25) is 5.91 Å². The zero-order valence-electron chi connectivity index (χ0n) is 10.5. The topological polar surface area (TPSA) is 41.1 Å². The minimum Gasteiger partial charge on any atom is -0.323 e. The summed E-state index contributed by atoms with van der Waals surface area (Å²) in [5, 5.41) is 4.99. The van der Waals surface area contributed by atoms with Gasteiger partial charge in [0, 0.05) is 20.0 Å². The number of carbonyl (C=O) groups excluding carboxylic acids is 1. The molecule has 2 rings (SSSR count). The van der Waals surface area contributed by atoms with Crippen LogP contribution >= 0.6 is 47.8 Å². The number of halogens is 6. The lowest BCUT2D eigenvalue weighted by Gasteiger charge is -2.29. The van der Waals surface area contributed by atoms with Crippen molar-refractivity contribution in [2.24, 2.45) is 5.41 Å². The summed E-state index contributed by atoms with van der Waals surface area (Å²) in [6.07, 6.45) is -4.87. The van der Waals surface area contributed by atoms with Gasteiger partial charge in [-0.1, -0.05) is 15.9 Å². The van der Waals surface area contributed by atoms with Crippen molar-refractivity contribution in [3.8, 4) is 0 Å². The van der Waals surface area contributed by atoms with Gasteiger partial charge in [-0.05, 0) is 57.0 Å². The van der Waals surface area contributed by atoms with Crippen LogP contribution in [0.1, 0.15) is 6.42 Å². The average Bonchev–Trinajstić information content (AvgIpc) is 2.83. The highest BCUT2D eigenvalue weighted by atomic mass is 79.9. The van der Waals surface area contributed by atoms with Crippen LogP contribution in [0.4, 0.5) is 18.9 Å². The number of hydrogen-bond acceptors (Lipinski definition) is 2. The lowest BCUT2D eigenvalue weighted by Crippen LogP contribution is -2.49. The molecule has 1 saturated heterocycles. The molecule has 0 radical (unpaired) electrons. The van der Waals surface area contributed by atoms with Crippen LogP contribution < -0.4 is 10.6 Å². The quantitative estimate of drug-likeness (QED) is 0.637. The molecule has 1 aliphatic rings. The Morgan fingerprint density at radius 3 is 2.24 bits per heavy atom. The summed E-state index contributed by atoms with van der Waals surface area (Å²) in [6, 6.07) is 3.29. The van der Waals surface area contributed by atoms with E-state index < -0.39 is 24.0 Å². The summed E-state index contributed by atoms with van der Waals surface area (Å²) >= 11 is 9.72. The second-order valence-electron chi connectivity index (χ2n) is 4.71. The number of anilines is 1. The number of alkyl halides is 3. The van der Waals surface area contributed by atoms with Crippen molar-refractivity contribution >= 4 is 59.4 Å². The molecule has 3 nitrogen and oxygen atoms in total. The monoisotopic (exact) mass is 492 g/mol. The van der Waals surface area contributed by atoms with Crippen molar-refractivity contribution < 1.29 is 18.0 Å². The van der Waals surface area contributed by atoms with Gasteiger partial charge in [0.25, 0.3) is 0 Å². The minimum absolute atomic E-state index is 0.162. The molecule has 1 aliphatic heterocycles. The number of benzene rings is 1. The molecular formula is C12H10Br3F3N2O. The molecule has 0 saturated carbocycles. The molecule has 0 spiro atoms. The second-order valence-corrected chi connectivity index (χ2v) is 7.33. The Balaban J connectivity index is 2.33. The van der Waals surface area contributed by atoms with Gasteiger partial charge in [0.1, 0.15) is 0 Å². The van der Waals surface area contributed by atoms with Crippen LogP contribution in [0.2, 0.25) is 0 Å². The van der Waals surface area contributed by atoms with E-state index in [1.807, 2.05) is 0 Å². The highest BCUT2D eigenvalue weighted by molar-refractivity contribution is 9.11. The Bertz CT molecular complexity index is 548. The molecule has 2 N–H and O–H groups in total. The third-order valence-corrected chi connectivity index (χ3v) is 5.09. The van der Waals surface area contributed by atoms with Gasteiger partial charge in [-0.15, -0.1) is 0 Å². The molecular weight excluding hydrogens is 485 g/mol. The van der Waals surface area contributed by atoms with Gasteiger partial charge in [-0.25, -0.2) is 0 Å². The van der Waals surface area contributed by atoms with Gasteiger partial charge >= 0.3 is 6.18 Å². The van der Waals surface area contributed by atoms with Gasteiger partial charge in [0.15, 0.2) is 5.41 Å². The van der Waals surface area contributed by atoms with Crippen LogP contribution in [-0.4, -0.2) is 25.2 Å². The Kier molecular flexibility index (Phi) is 5.07. The first-order chi connectivity index (χ1) is 9.67. The summed E-state index contributed by atoms with van der Waals surface area (Å²) in [4.78, 5) is 12.2. The fraction of sp³-hybridized carbons (Fsp3) is 0.417. The maximum Gasteiger partial charge on any atom is 0.404 e. The van der Waals surface area contributed by atoms with Gasteiger partial charge in [0.05, 0.1) is 5.69 Å². The van der Waals surface area contributed by atoms with Crippen LogP contribution in [0.15, 0.2) is 25.6 Å². The smallest absolute Gasteiger partial charge is 0.323 e. The van der Waals surface area contributed by atoms with Crippen molar-refractivity contribution in [2.45, 2.75) is 12.6 Å². The van der Waals surface area contributed by atoms with Gasteiger partial charge in [-0.3, -0.25) is 4.79 Å². The predicted octanol–water partition coefficient (Wildman–Crippen LogP) is 4.45. The molecule has 0 bridgehead atoms.